The molecule has 6 atom stereocenters. The number of imide groups is 1. The van der Waals surface area contributed by atoms with E-state index < -0.39 is 70.9 Å². The first-order valence-electron chi connectivity index (χ1n) is 15.1. The standard InChI is InChI=1S/C29H61N3O6Si3/c1-24(2,3)27(10)18-32(23(35)31-22(27)34)29(30)19(17-37-39(11)12)28(36,41(15,16)26(7,8)9)20(38-29)21(33)40(13,14)25(4,5)6/h19-21,33,36,39H,17-18,30H2,1-16H3,(H,31,34,35)/t19?,20-,21?,27?,28-,29+/m1/s1. The van der Waals surface area contributed by atoms with Gasteiger partial charge in [0.05, 0.1) is 38.4 Å². The quantitative estimate of drug-likeness (QED) is 0.306. The molecule has 0 saturated carbocycles. The number of carbonyl (C=O) groups is 2. The van der Waals surface area contributed by atoms with Crippen LogP contribution in [0.5, 0.6) is 0 Å². The van der Waals surface area contributed by atoms with E-state index in [1.54, 1.807) is 0 Å². The SMILES string of the molecule is C[SiH](C)OCC1[C@](N)(N2CC(C)(C(C)(C)C)C(=O)NC2=O)O[C@H](C(O)[Si](C)(C)C(C)(C)C)[C@]1(O)[Si](C)(C)C(C)(C)C. The van der Waals surface area contributed by atoms with Gasteiger partial charge in [-0.15, -0.1) is 0 Å². The number of nitrogens with two attached hydrogens (primary N) is 1. The van der Waals surface area contributed by atoms with E-state index in [9.17, 15) is 19.8 Å². The van der Waals surface area contributed by atoms with Gasteiger partial charge in [-0.05, 0) is 35.5 Å². The lowest BCUT2D eigenvalue weighted by molar-refractivity contribution is -0.180. The minimum absolute atomic E-state index is 0.00373. The summed E-state index contributed by atoms with van der Waals surface area (Å²) in [5.74, 6) is -3.06. The third-order valence-electron chi connectivity index (χ3n) is 11.7. The van der Waals surface area contributed by atoms with Crippen LogP contribution in [0, 0.1) is 16.7 Å². The topological polar surface area (TPSA) is 134 Å². The first-order valence-corrected chi connectivity index (χ1v) is 23.9. The van der Waals surface area contributed by atoms with Crippen molar-refractivity contribution in [3.63, 3.8) is 0 Å². The van der Waals surface area contributed by atoms with Crippen LogP contribution >= 0.6 is 0 Å². The van der Waals surface area contributed by atoms with Crippen LogP contribution in [0.3, 0.4) is 0 Å². The molecule has 0 spiro atoms. The zero-order valence-corrected chi connectivity index (χ0v) is 31.9. The van der Waals surface area contributed by atoms with E-state index >= 15 is 0 Å². The molecule has 0 bridgehead atoms. The molecular formula is C29H61N3O6Si3. The molecule has 2 aliphatic rings. The molecule has 5 N–H and O–H groups in total. The number of nitrogens with zero attached hydrogens (tertiary/aromatic N) is 1. The maximum Gasteiger partial charge on any atom is 0.327 e. The summed E-state index contributed by atoms with van der Waals surface area (Å²) in [4.78, 5) is 28.3. The van der Waals surface area contributed by atoms with Gasteiger partial charge >= 0.3 is 6.03 Å². The van der Waals surface area contributed by atoms with Crippen LogP contribution < -0.4 is 11.1 Å². The summed E-state index contributed by atoms with van der Waals surface area (Å²) in [5.41, 5.74) is 4.80. The Hall–Kier alpha value is -0.609. The lowest BCUT2D eigenvalue weighted by Crippen LogP contribution is -2.76. The number of aliphatic hydroxyl groups is 2. The normalized spacial score (nSPS) is 33.4. The van der Waals surface area contributed by atoms with Crippen LogP contribution in [0.15, 0.2) is 0 Å². The van der Waals surface area contributed by atoms with Crippen LogP contribution in [0.25, 0.3) is 0 Å². The van der Waals surface area contributed by atoms with E-state index in [1.165, 1.54) is 4.90 Å². The van der Waals surface area contributed by atoms with Crippen LogP contribution in [0.2, 0.25) is 49.4 Å². The maximum atomic E-state index is 13.7. The fraction of sp³-hybridized carbons (Fsp3) is 0.931. The Bertz CT molecular complexity index is 1020. The smallest absolute Gasteiger partial charge is 0.327 e. The van der Waals surface area contributed by atoms with E-state index in [-0.39, 0.29) is 29.1 Å². The van der Waals surface area contributed by atoms with Crippen molar-refractivity contribution in [2.45, 2.75) is 142 Å². The zero-order chi connectivity index (χ0) is 32.6. The Labute approximate surface area is 253 Å². The number of ether oxygens (including phenoxy) is 1. The number of hydrogen-bond acceptors (Lipinski definition) is 7. The second-order valence-corrected chi connectivity index (χ2v) is 30.8. The van der Waals surface area contributed by atoms with Gasteiger partial charge in [0.2, 0.25) is 11.8 Å². The van der Waals surface area contributed by atoms with Crippen molar-refractivity contribution in [3.05, 3.63) is 0 Å². The molecule has 0 radical (unpaired) electrons. The number of nitrogens with one attached hydrogen (secondary N) is 1. The van der Waals surface area contributed by atoms with Crippen molar-refractivity contribution in [1.82, 2.24) is 10.2 Å². The Morgan fingerprint density at radius 1 is 1.07 bits per heavy atom. The molecule has 240 valence electrons. The summed E-state index contributed by atoms with van der Waals surface area (Å²) in [5, 5.41) is 26.0. The van der Waals surface area contributed by atoms with E-state index in [0.29, 0.717) is 0 Å². The van der Waals surface area contributed by atoms with Gasteiger partial charge in [-0.3, -0.25) is 20.7 Å². The van der Waals surface area contributed by atoms with Gasteiger partial charge in [0.15, 0.2) is 9.04 Å². The van der Waals surface area contributed by atoms with Crippen LogP contribution in [-0.2, 0) is 14.0 Å². The monoisotopic (exact) mass is 631 g/mol. The molecule has 0 aromatic rings. The number of carbonyl (C=O) groups excluding carboxylic acids is 2. The molecule has 9 nitrogen and oxygen atoms in total. The predicted octanol–water partition coefficient (Wildman–Crippen LogP) is 4.41. The molecule has 2 fully saturated rings. The predicted molar refractivity (Wildman–Crippen MR) is 173 cm³/mol. The average molecular weight is 632 g/mol. The van der Waals surface area contributed by atoms with E-state index in [2.05, 4.69) is 73.0 Å². The highest BCUT2D eigenvalue weighted by Crippen LogP contribution is 2.58. The first kappa shape index (κ1) is 36.6. The molecule has 3 unspecified atom stereocenters. The van der Waals surface area contributed by atoms with E-state index in [4.69, 9.17) is 14.9 Å². The average Bonchev–Trinajstić information content (AvgIpc) is 3.00. The number of urea groups is 1. The summed E-state index contributed by atoms with van der Waals surface area (Å²) in [7, 11) is -6.97. The maximum absolute atomic E-state index is 13.7. The van der Waals surface area contributed by atoms with Gasteiger partial charge in [0.25, 0.3) is 0 Å². The zero-order valence-electron chi connectivity index (χ0n) is 28.8. The highest BCUT2D eigenvalue weighted by Gasteiger charge is 2.75. The second-order valence-electron chi connectivity index (χ2n) is 17.3. The number of rotatable bonds is 7. The Morgan fingerprint density at radius 2 is 1.56 bits per heavy atom. The number of hydrogen-bond donors (Lipinski definition) is 4. The van der Waals surface area contributed by atoms with Gasteiger partial charge in [0.1, 0.15) is 6.10 Å². The number of amides is 3. The molecule has 3 amide bonds. The van der Waals surface area contributed by atoms with E-state index in [1.807, 2.05) is 40.8 Å². The van der Waals surface area contributed by atoms with Crippen molar-refractivity contribution in [1.29, 1.82) is 0 Å². The van der Waals surface area contributed by atoms with Gasteiger partial charge in [0, 0.05) is 13.2 Å². The van der Waals surface area contributed by atoms with Crippen molar-refractivity contribution >= 4 is 37.1 Å². The summed E-state index contributed by atoms with van der Waals surface area (Å²) in [6.07, 6.45) is -1.05. The third-order valence-corrected chi connectivity index (χ3v) is 24.6. The summed E-state index contributed by atoms with van der Waals surface area (Å²) in [6, 6.07) is -0.661. The van der Waals surface area contributed by atoms with Crippen molar-refractivity contribution < 1.29 is 29.0 Å². The summed E-state index contributed by atoms with van der Waals surface area (Å²) in [6.45, 7) is 33.0. The second kappa shape index (κ2) is 10.8. The molecule has 2 heterocycles. The van der Waals surface area contributed by atoms with Crippen LogP contribution in [-0.4, -0.2) is 88.3 Å². The van der Waals surface area contributed by atoms with Crippen LogP contribution in [0.1, 0.15) is 69.2 Å². The van der Waals surface area contributed by atoms with Crippen LogP contribution in [0.4, 0.5) is 4.79 Å². The molecule has 2 saturated heterocycles. The lowest BCUT2D eigenvalue weighted by Gasteiger charge is -2.55. The highest BCUT2D eigenvalue weighted by atomic mass is 28.3. The molecule has 2 aliphatic heterocycles. The van der Waals surface area contributed by atoms with Crippen molar-refractivity contribution in [2.75, 3.05) is 13.2 Å². The molecule has 0 aliphatic carbocycles. The first-order chi connectivity index (χ1) is 17.9. The largest absolute Gasteiger partial charge is 0.420 e. The Morgan fingerprint density at radius 3 is 1.95 bits per heavy atom. The van der Waals surface area contributed by atoms with Crippen molar-refractivity contribution in [2.24, 2.45) is 22.5 Å². The Balaban J connectivity index is 2.94. The van der Waals surface area contributed by atoms with Gasteiger partial charge < -0.3 is 19.4 Å². The van der Waals surface area contributed by atoms with Crippen molar-refractivity contribution in [3.8, 4) is 0 Å². The molecule has 2 rings (SSSR count). The highest BCUT2D eigenvalue weighted by molar-refractivity contribution is 6.84. The van der Waals surface area contributed by atoms with Gasteiger partial charge in [-0.1, -0.05) is 88.5 Å². The lowest BCUT2D eigenvalue weighted by atomic mass is 9.66. The van der Waals surface area contributed by atoms with E-state index in [0.717, 1.165) is 0 Å². The summed E-state index contributed by atoms with van der Waals surface area (Å²) < 4.78 is 13.1. The minimum Gasteiger partial charge on any atom is -0.420 e. The van der Waals surface area contributed by atoms with Gasteiger partial charge in [-0.25, -0.2) is 4.79 Å². The van der Waals surface area contributed by atoms with Gasteiger partial charge in [-0.2, -0.15) is 0 Å². The molecule has 41 heavy (non-hydrogen) atoms. The fourth-order valence-electron chi connectivity index (χ4n) is 5.82. The molecular weight excluding hydrogens is 571 g/mol. The molecule has 0 aromatic heterocycles. The minimum atomic E-state index is -2.83. The third kappa shape index (κ3) is 5.69. The molecule has 12 heteroatoms. The number of aliphatic hydroxyl groups excluding tert-OH is 1. The molecule has 0 aromatic carbocycles. The fourth-order valence-corrected chi connectivity index (χ4v) is 11.8. The Kier molecular flexibility index (Phi) is 9.62. The summed E-state index contributed by atoms with van der Waals surface area (Å²) >= 11 is 0.